The van der Waals surface area contributed by atoms with E-state index in [0.717, 1.165) is 36.4 Å². The van der Waals surface area contributed by atoms with Gasteiger partial charge in [-0.3, -0.25) is 14.7 Å². The van der Waals surface area contributed by atoms with E-state index in [1.807, 2.05) is 0 Å². The molecule has 2 aromatic carbocycles. The first-order valence-corrected chi connectivity index (χ1v) is 9.12. The van der Waals surface area contributed by atoms with E-state index < -0.39 is 46.4 Å². The van der Waals surface area contributed by atoms with Crippen molar-refractivity contribution in [1.82, 2.24) is 0 Å². The number of aryl methyl sites for hydroxylation is 1. The number of hydrogen-bond acceptors (Lipinski definition) is 7. The molecular weight excluding hydrogens is 362 g/mol. The van der Waals surface area contributed by atoms with Gasteiger partial charge in [0.1, 0.15) is 9.79 Å². The van der Waals surface area contributed by atoms with Gasteiger partial charge in [-0.05, 0) is 30.7 Å². The largest absolute Gasteiger partial charge is 0.377 e. The zero-order chi connectivity index (χ0) is 18.1. The summed E-state index contributed by atoms with van der Waals surface area (Å²) in [6, 6.07) is 7.52. The number of non-ortho nitro benzene ring substituents is 1. The highest BCUT2D eigenvalue weighted by Gasteiger charge is 2.24. The molecule has 0 saturated heterocycles. The second-order valence-corrected chi connectivity index (χ2v) is 7.65. The van der Waals surface area contributed by atoms with Crippen molar-refractivity contribution in [2.75, 3.05) is 0 Å². The van der Waals surface area contributed by atoms with E-state index in [0.29, 0.717) is 5.56 Å². The number of rotatable bonds is 5. The van der Waals surface area contributed by atoms with Gasteiger partial charge in [-0.2, -0.15) is 16.8 Å². The lowest BCUT2D eigenvalue weighted by atomic mass is 10.2. The molecule has 0 heterocycles. The van der Waals surface area contributed by atoms with Gasteiger partial charge in [0.15, 0.2) is 5.75 Å². The summed E-state index contributed by atoms with van der Waals surface area (Å²) in [5, 5.41) is 10.7. The first-order valence-electron chi connectivity index (χ1n) is 6.28. The molecule has 0 aliphatic rings. The van der Waals surface area contributed by atoms with Crippen LogP contribution in [0.4, 0.5) is 5.69 Å². The highest BCUT2D eigenvalue weighted by atomic mass is 32.2. The maximum absolute atomic E-state index is 12.2. The summed E-state index contributed by atoms with van der Waals surface area (Å²) < 4.78 is 61.1. The van der Waals surface area contributed by atoms with Crippen molar-refractivity contribution in [3.05, 3.63) is 58.1 Å². The van der Waals surface area contributed by atoms with Crippen LogP contribution in [0.3, 0.4) is 0 Å². The molecule has 0 aliphatic carbocycles. The Labute approximate surface area is 137 Å². The average molecular weight is 373 g/mol. The van der Waals surface area contributed by atoms with E-state index in [2.05, 4.69) is 0 Å². The predicted octanol–water partition coefficient (Wildman–Crippen LogP) is 1.92. The van der Waals surface area contributed by atoms with Crippen LogP contribution < -0.4 is 4.18 Å². The van der Waals surface area contributed by atoms with E-state index in [1.54, 1.807) is 6.92 Å². The predicted molar refractivity (Wildman–Crippen MR) is 81.9 cm³/mol. The van der Waals surface area contributed by atoms with Crippen molar-refractivity contribution in [1.29, 1.82) is 0 Å². The average Bonchev–Trinajstić information content (AvgIpc) is 2.45. The molecule has 0 atom stereocenters. The summed E-state index contributed by atoms with van der Waals surface area (Å²) in [4.78, 5) is 8.68. The molecule has 0 aromatic heterocycles. The fraction of sp³-hybridized carbons (Fsp3) is 0.0769. The van der Waals surface area contributed by atoms with Crippen LogP contribution in [0.1, 0.15) is 5.56 Å². The molecule has 2 rings (SSSR count). The van der Waals surface area contributed by atoms with Gasteiger partial charge >= 0.3 is 10.1 Å². The monoisotopic (exact) mass is 373 g/mol. The van der Waals surface area contributed by atoms with Crippen molar-refractivity contribution >= 4 is 25.9 Å². The van der Waals surface area contributed by atoms with Crippen LogP contribution in [-0.2, 0) is 20.2 Å². The number of hydrogen-bond donors (Lipinski definition) is 1. The Morgan fingerprint density at radius 2 is 1.75 bits per heavy atom. The van der Waals surface area contributed by atoms with E-state index in [1.165, 1.54) is 6.07 Å². The lowest BCUT2D eigenvalue weighted by molar-refractivity contribution is -0.385. The van der Waals surface area contributed by atoms with Gasteiger partial charge in [0, 0.05) is 12.1 Å². The van der Waals surface area contributed by atoms with Crippen LogP contribution in [0.2, 0.25) is 0 Å². The van der Waals surface area contributed by atoms with E-state index in [-0.39, 0.29) is 0 Å². The molecule has 0 bridgehead atoms. The van der Waals surface area contributed by atoms with Gasteiger partial charge in [-0.1, -0.05) is 12.1 Å². The minimum absolute atomic E-state index is 0.473. The van der Waals surface area contributed by atoms with Gasteiger partial charge in [0.25, 0.3) is 15.8 Å². The first-order chi connectivity index (χ1) is 11.0. The SMILES string of the molecule is Cc1ccc(S(=O)(=O)O)c(OS(=O)(=O)c2cccc([N+](=O)[O-])c2)c1. The summed E-state index contributed by atoms with van der Waals surface area (Å²) in [6.45, 7) is 1.56. The molecule has 0 radical (unpaired) electrons. The van der Waals surface area contributed by atoms with E-state index in [9.17, 15) is 26.9 Å². The van der Waals surface area contributed by atoms with Crippen LogP contribution in [0.15, 0.2) is 52.3 Å². The summed E-state index contributed by atoms with van der Waals surface area (Å²) in [5.41, 5.74) is 0.00515. The van der Waals surface area contributed by atoms with Gasteiger partial charge in [-0.15, -0.1) is 0 Å². The van der Waals surface area contributed by atoms with Crippen LogP contribution in [0, 0.1) is 17.0 Å². The molecule has 0 spiro atoms. The Kier molecular flexibility index (Phi) is 4.60. The third-order valence-electron chi connectivity index (χ3n) is 2.89. The Morgan fingerprint density at radius 3 is 2.33 bits per heavy atom. The smallest absolute Gasteiger partial charge is 0.339 e. The number of nitro benzene ring substituents is 1. The number of nitrogens with zero attached hydrogens (tertiary/aromatic N) is 1. The van der Waals surface area contributed by atoms with Crippen LogP contribution in [0.25, 0.3) is 0 Å². The maximum Gasteiger partial charge on any atom is 0.339 e. The summed E-state index contributed by atoms with van der Waals surface area (Å²) in [6.07, 6.45) is 0. The van der Waals surface area contributed by atoms with Gasteiger partial charge in [0.2, 0.25) is 0 Å². The van der Waals surface area contributed by atoms with Crippen molar-refractivity contribution in [2.24, 2.45) is 0 Å². The van der Waals surface area contributed by atoms with Crippen molar-refractivity contribution in [3.63, 3.8) is 0 Å². The van der Waals surface area contributed by atoms with Gasteiger partial charge in [0.05, 0.1) is 4.92 Å². The third kappa shape index (κ3) is 3.88. The minimum Gasteiger partial charge on any atom is -0.377 e. The van der Waals surface area contributed by atoms with Crippen molar-refractivity contribution < 1.29 is 30.5 Å². The highest BCUT2D eigenvalue weighted by molar-refractivity contribution is 7.87. The third-order valence-corrected chi connectivity index (χ3v) is 5.02. The van der Waals surface area contributed by atoms with Crippen molar-refractivity contribution in [3.8, 4) is 5.75 Å². The molecule has 24 heavy (non-hydrogen) atoms. The molecule has 9 nitrogen and oxygen atoms in total. The molecule has 2 aromatic rings. The number of nitro groups is 1. The minimum atomic E-state index is -4.72. The standard InChI is InChI=1S/C13H11NO8S2/c1-9-5-6-13(23(17,18)19)12(7-9)22-24(20,21)11-4-2-3-10(8-11)14(15)16/h2-8H,1H3,(H,17,18,19). The molecule has 0 fully saturated rings. The fourth-order valence-electron chi connectivity index (χ4n) is 1.81. The molecule has 11 heteroatoms. The lowest BCUT2D eigenvalue weighted by Gasteiger charge is -2.10. The van der Waals surface area contributed by atoms with Crippen LogP contribution in [0.5, 0.6) is 5.75 Å². The molecule has 0 amide bonds. The maximum atomic E-state index is 12.2. The molecule has 0 unspecified atom stereocenters. The highest BCUT2D eigenvalue weighted by Crippen LogP contribution is 2.29. The van der Waals surface area contributed by atoms with Crippen LogP contribution in [-0.4, -0.2) is 26.3 Å². The molecule has 0 aliphatic heterocycles. The quantitative estimate of drug-likeness (QED) is 0.363. The molecule has 0 saturated carbocycles. The van der Waals surface area contributed by atoms with E-state index in [4.69, 9.17) is 8.74 Å². The first kappa shape index (κ1) is 17.8. The molecular formula is C13H11NO8S2. The molecule has 128 valence electrons. The van der Waals surface area contributed by atoms with E-state index >= 15 is 0 Å². The Hall–Kier alpha value is -2.50. The van der Waals surface area contributed by atoms with Gasteiger partial charge in [-0.25, -0.2) is 0 Å². The van der Waals surface area contributed by atoms with Gasteiger partial charge < -0.3 is 4.18 Å². The second kappa shape index (κ2) is 6.19. The summed E-state index contributed by atoms with van der Waals surface area (Å²) in [7, 11) is -9.27. The van der Waals surface area contributed by atoms with Crippen molar-refractivity contribution in [2.45, 2.75) is 16.7 Å². The zero-order valence-electron chi connectivity index (χ0n) is 12.1. The van der Waals surface area contributed by atoms with Crippen LogP contribution >= 0.6 is 0 Å². The Morgan fingerprint density at radius 1 is 1.08 bits per heavy atom. The Balaban J connectivity index is 2.53. The topological polar surface area (TPSA) is 141 Å². The summed E-state index contributed by atoms with van der Waals surface area (Å²) in [5.74, 6) is -0.607. The lowest BCUT2D eigenvalue weighted by Crippen LogP contribution is -2.12. The zero-order valence-corrected chi connectivity index (χ0v) is 13.7. The summed E-state index contributed by atoms with van der Waals surface area (Å²) >= 11 is 0. The second-order valence-electron chi connectivity index (χ2n) is 4.72. The molecule has 1 N–H and O–H groups in total. The normalized spacial score (nSPS) is 11.9. The number of benzene rings is 2. The Bertz CT molecular complexity index is 1010. The fourth-order valence-corrected chi connectivity index (χ4v) is 3.44.